The standard InChI is InChI=1S/C16H13ClN2O4S2/c17-15-8-7-14(24-15)16(20)19-11-3-5-13(6-4-11)25(21,22)18-10-12-2-1-9-23-12/h1-9,18H,10H2,(H,19,20). The maximum Gasteiger partial charge on any atom is 0.265 e. The minimum atomic E-state index is -3.67. The molecule has 0 bridgehead atoms. The van der Waals surface area contributed by atoms with Gasteiger partial charge in [-0.1, -0.05) is 11.6 Å². The van der Waals surface area contributed by atoms with E-state index >= 15 is 0 Å². The third kappa shape index (κ3) is 4.49. The first kappa shape index (κ1) is 17.7. The summed E-state index contributed by atoms with van der Waals surface area (Å²) in [5, 5.41) is 2.69. The van der Waals surface area contributed by atoms with Crippen molar-refractivity contribution < 1.29 is 17.6 Å². The highest BCUT2D eigenvalue weighted by atomic mass is 35.5. The molecule has 2 aromatic heterocycles. The van der Waals surface area contributed by atoms with Crippen molar-refractivity contribution in [3.63, 3.8) is 0 Å². The van der Waals surface area contributed by atoms with Crippen LogP contribution in [-0.2, 0) is 16.6 Å². The summed E-state index contributed by atoms with van der Waals surface area (Å²) in [7, 11) is -3.67. The molecular weight excluding hydrogens is 384 g/mol. The molecule has 1 amide bonds. The Morgan fingerprint density at radius 2 is 1.88 bits per heavy atom. The number of amides is 1. The number of anilines is 1. The summed E-state index contributed by atoms with van der Waals surface area (Å²) in [6.45, 7) is 0.0625. The maximum atomic E-state index is 12.2. The number of hydrogen-bond acceptors (Lipinski definition) is 5. The first-order chi connectivity index (χ1) is 11.9. The Morgan fingerprint density at radius 1 is 1.12 bits per heavy atom. The van der Waals surface area contributed by atoms with Gasteiger partial charge < -0.3 is 9.73 Å². The van der Waals surface area contributed by atoms with Gasteiger partial charge in [-0.3, -0.25) is 4.79 Å². The highest BCUT2D eigenvalue weighted by molar-refractivity contribution is 7.89. The highest BCUT2D eigenvalue weighted by Crippen LogP contribution is 2.23. The predicted octanol–water partition coefficient (Wildman–Crippen LogP) is 3.73. The van der Waals surface area contributed by atoms with Gasteiger partial charge in [-0.2, -0.15) is 0 Å². The summed E-state index contributed by atoms with van der Waals surface area (Å²) in [5.41, 5.74) is 0.486. The summed E-state index contributed by atoms with van der Waals surface area (Å²) in [4.78, 5) is 12.6. The topological polar surface area (TPSA) is 88.4 Å². The van der Waals surface area contributed by atoms with E-state index in [-0.39, 0.29) is 17.3 Å². The number of furan rings is 1. The van der Waals surface area contributed by atoms with Crippen LogP contribution in [0.4, 0.5) is 5.69 Å². The molecule has 0 aliphatic carbocycles. The smallest absolute Gasteiger partial charge is 0.265 e. The molecule has 2 heterocycles. The Hall–Kier alpha value is -2.13. The van der Waals surface area contributed by atoms with Crippen LogP contribution < -0.4 is 10.0 Å². The fourth-order valence-corrected chi connectivity index (χ4v) is 3.94. The van der Waals surface area contributed by atoms with Gasteiger partial charge >= 0.3 is 0 Å². The molecule has 0 aliphatic rings. The molecule has 0 aliphatic heterocycles. The van der Waals surface area contributed by atoms with Crippen molar-refractivity contribution in [3.05, 3.63) is 69.8 Å². The van der Waals surface area contributed by atoms with E-state index < -0.39 is 10.0 Å². The molecule has 130 valence electrons. The molecular formula is C16H13ClN2O4S2. The summed E-state index contributed by atoms with van der Waals surface area (Å²) < 4.78 is 32.5. The molecule has 0 unspecified atom stereocenters. The third-order valence-corrected chi connectivity index (χ3v) is 5.88. The molecule has 3 rings (SSSR count). The van der Waals surface area contributed by atoms with E-state index in [4.69, 9.17) is 16.0 Å². The van der Waals surface area contributed by atoms with Crippen molar-refractivity contribution in [1.29, 1.82) is 0 Å². The normalized spacial score (nSPS) is 11.4. The van der Waals surface area contributed by atoms with Crippen molar-refractivity contribution in [3.8, 4) is 0 Å². The minimum absolute atomic E-state index is 0.0625. The summed E-state index contributed by atoms with van der Waals surface area (Å²) in [5.74, 6) is 0.213. The Kier molecular flexibility index (Phi) is 5.24. The van der Waals surface area contributed by atoms with Gasteiger partial charge in [-0.05, 0) is 48.5 Å². The number of hydrogen-bond donors (Lipinski definition) is 2. The number of carbonyl (C=O) groups excluding carboxylic acids is 1. The Balaban J connectivity index is 1.65. The molecule has 0 saturated carbocycles. The molecule has 0 radical (unpaired) electrons. The van der Waals surface area contributed by atoms with E-state index in [9.17, 15) is 13.2 Å². The number of benzene rings is 1. The zero-order valence-electron chi connectivity index (χ0n) is 12.7. The van der Waals surface area contributed by atoms with Gasteiger partial charge in [0.15, 0.2) is 0 Å². The summed E-state index contributed by atoms with van der Waals surface area (Å²) in [6.07, 6.45) is 1.47. The maximum absolute atomic E-state index is 12.2. The SMILES string of the molecule is O=C(Nc1ccc(S(=O)(=O)NCc2ccco2)cc1)c1ccc(Cl)s1. The lowest BCUT2D eigenvalue weighted by atomic mass is 10.3. The van der Waals surface area contributed by atoms with Crippen molar-refractivity contribution in [1.82, 2.24) is 4.72 Å². The molecule has 0 atom stereocenters. The molecule has 6 nitrogen and oxygen atoms in total. The minimum Gasteiger partial charge on any atom is -0.468 e. The van der Waals surface area contributed by atoms with E-state index in [0.29, 0.717) is 20.7 Å². The molecule has 0 saturated heterocycles. The van der Waals surface area contributed by atoms with Crippen molar-refractivity contribution in [2.75, 3.05) is 5.32 Å². The average molecular weight is 397 g/mol. The van der Waals surface area contributed by atoms with Gasteiger partial charge in [0.25, 0.3) is 5.91 Å². The second-order valence-corrected chi connectivity index (χ2v) is 8.47. The molecule has 25 heavy (non-hydrogen) atoms. The van der Waals surface area contributed by atoms with Crippen LogP contribution in [0.2, 0.25) is 4.34 Å². The Morgan fingerprint density at radius 3 is 2.48 bits per heavy atom. The van der Waals surface area contributed by atoms with Gasteiger partial charge in [-0.25, -0.2) is 13.1 Å². The van der Waals surface area contributed by atoms with Gasteiger partial charge in [0.05, 0.1) is 26.9 Å². The third-order valence-electron chi connectivity index (χ3n) is 3.24. The molecule has 0 spiro atoms. The molecule has 9 heteroatoms. The lowest BCUT2D eigenvalue weighted by molar-refractivity contribution is 0.103. The van der Waals surface area contributed by atoms with E-state index in [1.807, 2.05) is 0 Å². The molecule has 2 N–H and O–H groups in total. The highest BCUT2D eigenvalue weighted by Gasteiger charge is 2.15. The second kappa shape index (κ2) is 7.40. The number of carbonyl (C=O) groups is 1. The average Bonchev–Trinajstić information content (AvgIpc) is 3.25. The van der Waals surface area contributed by atoms with Gasteiger partial charge in [0, 0.05) is 5.69 Å². The molecule has 1 aromatic carbocycles. The van der Waals surface area contributed by atoms with Crippen molar-refractivity contribution in [2.24, 2.45) is 0 Å². The molecule has 3 aromatic rings. The number of sulfonamides is 1. The van der Waals surface area contributed by atoms with Gasteiger partial charge in [0.2, 0.25) is 10.0 Å². The number of halogens is 1. The number of rotatable bonds is 6. The van der Waals surface area contributed by atoms with E-state index in [2.05, 4.69) is 10.0 Å². The van der Waals surface area contributed by atoms with Crippen LogP contribution in [0.5, 0.6) is 0 Å². The zero-order chi connectivity index (χ0) is 17.9. The fourth-order valence-electron chi connectivity index (χ4n) is 2.01. The first-order valence-corrected chi connectivity index (χ1v) is 9.80. The van der Waals surface area contributed by atoms with E-state index in [1.165, 1.54) is 41.9 Å². The summed E-state index contributed by atoms with van der Waals surface area (Å²) >= 11 is 6.97. The lowest BCUT2D eigenvalue weighted by Gasteiger charge is -2.07. The monoisotopic (exact) mass is 396 g/mol. The zero-order valence-corrected chi connectivity index (χ0v) is 15.1. The fraction of sp³-hybridized carbons (Fsp3) is 0.0625. The van der Waals surface area contributed by atoms with Crippen LogP contribution in [0.1, 0.15) is 15.4 Å². The Labute approximate surface area is 153 Å². The predicted molar refractivity (Wildman–Crippen MR) is 96.5 cm³/mol. The number of nitrogens with one attached hydrogen (secondary N) is 2. The second-order valence-electron chi connectivity index (χ2n) is 4.99. The van der Waals surface area contributed by atoms with Crippen molar-refractivity contribution in [2.45, 2.75) is 11.4 Å². The van der Waals surface area contributed by atoms with E-state index in [0.717, 1.165) is 0 Å². The quantitative estimate of drug-likeness (QED) is 0.664. The van der Waals surface area contributed by atoms with Crippen LogP contribution in [-0.4, -0.2) is 14.3 Å². The molecule has 0 fully saturated rings. The van der Waals surface area contributed by atoms with Crippen LogP contribution in [0.15, 0.2) is 64.1 Å². The van der Waals surface area contributed by atoms with Gasteiger partial charge in [-0.15, -0.1) is 11.3 Å². The first-order valence-electron chi connectivity index (χ1n) is 7.13. The van der Waals surface area contributed by atoms with Crippen molar-refractivity contribution >= 4 is 44.6 Å². The van der Waals surface area contributed by atoms with Crippen LogP contribution in [0.25, 0.3) is 0 Å². The van der Waals surface area contributed by atoms with Crippen LogP contribution in [0.3, 0.4) is 0 Å². The van der Waals surface area contributed by atoms with Crippen LogP contribution in [0, 0.1) is 0 Å². The summed E-state index contributed by atoms with van der Waals surface area (Å²) in [6, 6.07) is 12.5. The van der Waals surface area contributed by atoms with E-state index in [1.54, 1.807) is 24.3 Å². The van der Waals surface area contributed by atoms with Gasteiger partial charge in [0.1, 0.15) is 5.76 Å². The Bertz CT molecular complexity index is 964. The largest absolute Gasteiger partial charge is 0.468 e. The number of thiophene rings is 1. The van der Waals surface area contributed by atoms with Crippen LogP contribution >= 0.6 is 22.9 Å². The lowest BCUT2D eigenvalue weighted by Crippen LogP contribution is -2.23.